The third kappa shape index (κ3) is 3.91. The van der Waals surface area contributed by atoms with Crippen molar-refractivity contribution in [3.63, 3.8) is 0 Å². The summed E-state index contributed by atoms with van der Waals surface area (Å²) in [7, 11) is -0.568. The summed E-state index contributed by atoms with van der Waals surface area (Å²) in [5.74, 6) is -0.494. The molecule has 0 unspecified atom stereocenters. The lowest BCUT2D eigenvalue weighted by atomic mass is 10.1. The van der Waals surface area contributed by atoms with E-state index in [9.17, 15) is 18.0 Å². The highest BCUT2D eigenvalue weighted by molar-refractivity contribution is 7.89. The fourth-order valence-corrected chi connectivity index (χ4v) is 3.49. The van der Waals surface area contributed by atoms with Gasteiger partial charge in [0.15, 0.2) is 0 Å². The molecule has 3 rings (SSSR count). The number of H-pyrrole nitrogens is 1. The first kappa shape index (κ1) is 18.8. The van der Waals surface area contributed by atoms with E-state index in [2.05, 4.69) is 10.3 Å². The first-order chi connectivity index (χ1) is 12.8. The van der Waals surface area contributed by atoms with E-state index in [0.29, 0.717) is 5.52 Å². The Kier molecular flexibility index (Phi) is 5.11. The maximum Gasteiger partial charge on any atom is 0.261 e. The second-order valence-corrected chi connectivity index (χ2v) is 8.37. The van der Waals surface area contributed by atoms with Crippen molar-refractivity contribution in [2.75, 3.05) is 14.1 Å². The molecular weight excluding hydrogens is 366 g/mol. The molecule has 0 saturated heterocycles. The molecule has 0 aliphatic heterocycles. The molecule has 0 saturated carbocycles. The number of amides is 1. The number of hydrogen-bond acceptors (Lipinski definition) is 4. The number of carbonyl (C=O) groups excluding carboxylic acids is 1. The molecule has 0 aliphatic rings. The van der Waals surface area contributed by atoms with Crippen molar-refractivity contribution < 1.29 is 13.2 Å². The zero-order valence-electron chi connectivity index (χ0n) is 14.9. The molecule has 27 heavy (non-hydrogen) atoms. The van der Waals surface area contributed by atoms with Crippen LogP contribution in [0.3, 0.4) is 0 Å². The molecule has 0 spiro atoms. The standard InChI is InChI=1S/C19H19N3O4S/c1-22(2)27(25,26)15-9-7-13(8-10-15)12-20-18(23)16-11-14-5-3-4-6-17(14)21-19(16)24/h3-11H,12H2,1-2H3,(H,20,23)(H,21,24). The molecule has 0 bridgehead atoms. The van der Waals surface area contributed by atoms with E-state index in [4.69, 9.17) is 0 Å². The van der Waals surface area contributed by atoms with Gasteiger partial charge in [0.1, 0.15) is 5.56 Å². The van der Waals surface area contributed by atoms with E-state index >= 15 is 0 Å². The second-order valence-electron chi connectivity index (χ2n) is 6.21. The Hall–Kier alpha value is -2.97. The highest BCUT2D eigenvalue weighted by atomic mass is 32.2. The van der Waals surface area contributed by atoms with Crippen LogP contribution in [0.25, 0.3) is 10.9 Å². The average molecular weight is 385 g/mol. The Balaban J connectivity index is 1.74. The summed E-state index contributed by atoms with van der Waals surface area (Å²) in [5, 5.41) is 3.45. The zero-order chi connectivity index (χ0) is 19.6. The van der Waals surface area contributed by atoms with Crippen molar-refractivity contribution in [2.45, 2.75) is 11.4 Å². The molecule has 1 amide bonds. The molecule has 2 N–H and O–H groups in total. The lowest BCUT2D eigenvalue weighted by Crippen LogP contribution is -2.29. The van der Waals surface area contributed by atoms with Crippen LogP contribution < -0.4 is 10.9 Å². The minimum atomic E-state index is -3.49. The van der Waals surface area contributed by atoms with Crippen molar-refractivity contribution in [1.82, 2.24) is 14.6 Å². The largest absolute Gasteiger partial charge is 0.348 e. The van der Waals surface area contributed by atoms with Gasteiger partial charge in [0, 0.05) is 26.2 Å². The van der Waals surface area contributed by atoms with Crippen LogP contribution in [0.5, 0.6) is 0 Å². The average Bonchev–Trinajstić information content (AvgIpc) is 2.65. The number of rotatable bonds is 5. The molecule has 3 aromatic rings. The fourth-order valence-electron chi connectivity index (χ4n) is 2.58. The van der Waals surface area contributed by atoms with Gasteiger partial charge in [0.25, 0.3) is 11.5 Å². The number of aromatic amines is 1. The maximum atomic E-state index is 12.4. The lowest BCUT2D eigenvalue weighted by Gasteiger charge is -2.12. The van der Waals surface area contributed by atoms with Gasteiger partial charge in [0.05, 0.1) is 4.90 Å². The van der Waals surface area contributed by atoms with Gasteiger partial charge in [-0.25, -0.2) is 12.7 Å². The van der Waals surface area contributed by atoms with Crippen LogP contribution in [-0.4, -0.2) is 37.7 Å². The van der Waals surface area contributed by atoms with Gasteiger partial charge < -0.3 is 10.3 Å². The van der Waals surface area contributed by atoms with Crippen LogP contribution in [0.1, 0.15) is 15.9 Å². The number of hydrogen-bond donors (Lipinski definition) is 2. The Bertz CT molecular complexity index is 1150. The Morgan fingerprint density at radius 3 is 2.41 bits per heavy atom. The van der Waals surface area contributed by atoms with Crippen LogP contribution in [-0.2, 0) is 16.6 Å². The summed E-state index contributed by atoms with van der Waals surface area (Å²) < 4.78 is 25.2. The zero-order valence-corrected chi connectivity index (χ0v) is 15.7. The van der Waals surface area contributed by atoms with E-state index < -0.39 is 21.5 Å². The van der Waals surface area contributed by atoms with Crippen molar-refractivity contribution >= 4 is 26.8 Å². The summed E-state index contributed by atoms with van der Waals surface area (Å²) in [6, 6.07) is 15.0. The van der Waals surface area contributed by atoms with E-state index in [1.54, 1.807) is 30.3 Å². The third-order valence-corrected chi connectivity index (χ3v) is 5.98. The van der Waals surface area contributed by atoms with Crippen LogP contribution in [0.15, 0.2) is 64.3 Å². The summed E-state index contributed by atoms with van der Waals surface area (Å²) in [4.78, 5) is 27.3. The van der Waals surface area contributed by atoms with Crippen LogP contribution in [0.4, 0.5) is 0 Å². The van der Waals surface area contributed by atoms with Crippen LogP contribution >= 0.6 is 0 Å². The summed E-state index contributed by atoms with van der Waals surface area (Å²) in [5.41, 5.74) is 0.953. The predicted molar refractivity (Wildman–Crippen MR) is 103 cm³/mol. The Labute approximate surface area is 156 Å². The van der Waals surface area contributed by atoms with E-state index in [1.165, 1.54) is 26.2 Å². The van der Waals surface area contributed by atoms with Gasteiger partial charge >= 0.3 is 0 Å². The topological polar surface area (TPSA) is 99.3 Å². The first-order valence-corrected chi connectivity index (χ1v) is 9.65. The van der Waals surface area contributed by atoms with Gasteiger partial charge in [-0.05, 0) is 35.2 Å². The molecule has 0 atom stereocenters. The van der Waals surface area contributed by atoms with Gasteiger partial charge in [-0.1, -0.05) is 30.3 Å². The molecule has 140 valence electrons. The van der Waals surface area contributed by atoms with E-state index in [-0.39, 0.29) is 17.0 Å². The number of para-hydroxylation sites is 1. The van der Waals surface area contributed by atoms with Crippen molar-refractivity contribution in [2.24, 2.45) is 0 Å². The Morgan fingerprint density at radius 2 is 1.74 bits per heavy atom. The summed E-state index contributed by atoms with van der Waals surface area (Å²) >= 11 is 0. The predicted octanol–water partition coefficient (Wildman–Crippen LogP) is 1.71. The number of benzene rings is 2. The van der Waals surface area contributed by atoms with Crippen molar-refractivity contribution in [1.29, 1.82) is 0 Å². The Morgan fingerprint density at radius 1 is 1.07 bits per heavy atom. The molecule has 7 nitrogen and oxygen atoms in total. The van der Waals surface area contributed by atoms with Crippen LogP contribution in [0, 0.1) is 0 Å². The number of nitrogens with one attached hydrogen (secondary N) is 2. The first-order valence-electron chi connectivity index (χ1n) is 8.21. The maximum absolute atomic E-state index is 12.4. The number of nitrogens with zero attached hydrogens (tertiary/aromatic N) is 1. The molecule has 1 heterocycles. The number of fused-ring (bicyclic) bond motifs is 1. The normalized spacial score (nSPS) is 11.7. The molecule has 1 aromatic heterocycles. The van der Waals surface area contributed by atoms with Gasteiger partial charge in [-0.15, -0.1) is 0 Å². The quantitative estimate of drug-likeness (QED) is 0.698. The monoisotopic (exact) mass is 385 g/mol. The lowest BCUT2D eigenvalue weighted by molar-refractivity contribution is 0.0949. The van der Waals surface area contributed by atoms with Crippen LogP contribution in [0.2, 0.25) is 0 Å². The van der Waals surface area contributed by atoms with E-state index in [1.807, 2.05) is 12.1 Å². The minimum absolute atomic E-state index is 0.0282. The summed E-state index contributed by atoms with van der Waals surface area (Å²) in [6.07, 6.45) is 0. The van der Waals surface area contributed by atoms with E-state index in [0.717, 1.165) is 15.3 Å². The molecule has 0 radical (unpaired) electrons. The van der Waals surface area contributed by atoms with Crippen molar-refractivity contribution in [3.05, 3.63) is 76.1 Å². The smallest absolute Gasteiger partial charge is 0.261 e. The highest BCUT2D eigenvalue weighted by Crippen LogP contribution is 2.14. The number of aromatic nitrogens is 1. The van der Waals surface area contributed by atoms with Crippen molar-refractivity contribution in [3.8, 4) is 0 Å². The van der Waals surface area contributed by atoms with Gasteiger partial charge in [0.2, 0.25) is 10.0 Å². The van der Waals surface area contributed by atoms with Gasteiger partial charge in [-0.2, -0.15) is 0 Å². The third-order valence-electron chi connectivity index (χ3n) is 4.15. The molecule has 2 aromatic carbocycles. The molecule has 0 fully saturated rings. The molecule has 0 aliphatic carbocycles. The number of sulfonamides is 1. The highest BCUT2D eigenvalue weighted by Gasteiger charge is 2.17. The number of pyridine rings is 1. The summed E-state index contributed by atoms with van der Waals surface area (Å²) in [6.45, 7) is 0.174. The SMILES string of the molecule is CN(C)S(=O)(=O)c1ccc(CNC(=O)c2cc3ccccc3[nH]c2=O)cc1. The second kappa shape index (κ2) is 7.34. The molecular formula is C19H19N3O4S. The minimum Gasteiger partial charge on any atom is -0.348 e. The fraction of sp³-hybridized carbons (Fsp3) is 0.158. The number of carbonyl (C=O) groups is 1. The molecule has 8 heteroatoms. The van der Waals surface area contributed by atoms with Gasteiger partial charge in [-0.3, -0.25) is 9.59 Å².